The summed E-state index contributed by atoms with van der Waals surface area (Å²) in [5.41, 5.74) is 7.25. The molecule has 7 heteroatoms. The molecule has 4 rings (SSSR count). The van der Waals surface area contributed by atoms with Crippen LogP contribution >= 0.6 is 0 Å². The number of carbonyl (C=O) groups is 2. The molecule has 0 bridgehead atoms. The van der Waals surface area contributed by atoms with Gasteiger partial charge in [-0.1, -0.05) is 30.3 Å². The first-order chi connectivity index (χ1) is 15.0. The van der Waals surface area contributed by atoms with Gasteiger partial charge in [0.15, 0.2) is 0 Å². The molecule has 31 heavy (non-hydrogen) atoms. The van der Waals surface area contributed by atoms with Crippen molar-refractivity contribution < 1.29 is 19.1 Å². The third-order valence-electron chi connectivity index (χ3n) is 6.28. The Labute approximate surface area is 182 Å². The zero-order valence-electron chi connectivity index (χ0n) is 17.8. The number of carbonyl (C=O) groups excluding carboxylic acids is 2. The van der Waals surface area contributed by atoms with Crippen LogP contribution in [0.4, 0.5) is 0 Å². The highest BCUT2D eigenvalue weighted by atomic mass is 16.5. The van der Waals surface area contributed by atoms with E-state index in [0.717, 1.165) is 11.3 Å². The van der Waals surface area contributed by atoms with Crippen molar-refractivity contribution >= 4 is 11.8 Å². The standard InChI is InChI=1S/C24H29N3O4/c1-30-20-9-7-19(8-10-20)22(28)27-15-16-31-24(17-27)11-13-26(14-12-24)23(29)21(25)18-5-3-2-4-6-18/h2-10,21H,11-17,25H2,1H3. The molecule has 0 radical (unpaired) electrons. The second kappa shape index (κ2) is 9.08. The van der Waals surface area contributed by atoms with E-state index in [1.54, 1.807) is 31.4 Å². The van der Waals surface area contributed by atoms with Crippen LogP contribution in [0, 0.1) is 0 Å². The van der Waals surface area contributed by atoms with E-state index in [-0.39, 0.29) is 11.8 Å². The number of morpholine rings is 1. The molecule has 2 N–H and O–H groups in total. The van der Waals surface area contributed by atoms with Gasteiger partial charge in [0, 0.05) is 25.2 Å². The van der Waals surface area contributed by atoms with Crippen molar-refractivity contribution in [2.45, 2.75) is 24.5 Å². The second-order valence-electron chi connectivity index (χ2n) is 8.20. The van der Waals surface area contributed by atoms with Gasteiger partial charge in [0.1, 0.15) is 11.8 Å². The van der Waals surface area contributed by atoms with Gasteiger partial charge >= 0.3 is 0 Å². The zero-order valence-corrected chi connectivity index (χ0v) is 17.8. The summed E-state index contributed by atoms with van der Waals surface area (Å²) in [5.74, 6) is 0.652. The molecule has 1 unspecified atom stereocenters. The molecule has 2 aromatic rings. The molecule has 2 heterocycles. The topological polar surface area (TPSA) is 85.1 Å². The highest BCUT2D eigenvalue weighted by molar-refractivity contribution is 5.94. The average molecular weight is 424 g/mol. The Morgan fingerprint density at radius 2 is 1.68 bits per heavy atom. The number of nitrogens with two attached hydrogens (primary N) is 1. The average Bonchev–Trinajstić information content (AvgIpc) is 2.84. The number of amides is 2. The summed E-state index contributed by atoms with van der Waals surface area (Å²) in [6, 6.07) is 15.9. The first-order valence-electron chi connectivity index (χ1n) is 10.7. The summed E-state index contributed by atoms with van der Waals surface area (Å²) in [5, 5.41) is 0. The number of rotatable bonds is 4. The molecule has 0 aromatic heterocycles. The van der Waals surface area contributed by atoms with Crippen molar-refractivity contribution in [1.82, 2.24) is 9.80 Å². The number of ether oxygens (including phenoxy) is 2. The smallest absolute Gasteiger partial charge is 0.254 e. The third kappa shape index (κ3) is 4.57. The molecule has 0 aliphatic carbocycles. The number of nitrogens with zero attached hydrogens (tertiary/aromatic N) is 2. The van der Waals surface area contributed by atoms with E-state index in [2.05, 4.69) is 0 Å². The van der Waals surface area contributed by atoms with E-state index in [4.69, 9.17) is 15.2 Å². The molecule has 164 valence electrons. The van der Waals surface area contributed by atoms with E-state index in [1.807, 2.05) is 40.1 Å². The van der Waals surface area contributed by atoms with Crippen LogP contribution in [0.1, 0.15) is 34.8 Å². The minimum absolute atomic E-state index is 0.00469. The molecule has 2 saturated heterocycles. The van der Waals surface area contributed by atoms with Gasteiger partial charge in [-0.2, -0.15) is 0 Å². The molecule has 2 fully saturated rings. The summed E-state index contributed by atoms with van der Waals surface area (Å²) in [7, 11) is 1.60. The van der Waals surface area contributed by atoms with Crippen LogP contribution in [0.5, 0.6) is 5.75 Å². The Bertz CT molecular complexity index is 908. The van der Waals surface area contributed by atoms with Crippen LogP contribution in [-0.4, -0.2) is 67.1 Å². The SMILES string of the molecule is COc1ccc(C(=O)N2CCOC3(CCN(C(=O)C(N)c4ccccc4)CC3)C2)cc1. The van der Waals surface area contributed by atoms with Gasteiger partial charge in [-0.15, -0.1) is 0 Å². The fourth-order valence-corrected chi connectivity index (χ4v) is 4.37. The van der Waals surface area contributed by atoms with Gasteiger partial charge in [-0.3, -0.25) is 9.59 Å². The van der Waals surface area contributed by atoms with Crippen LogP contribution in [0.25, 0.3) is 0 Å². The molecule has 1 atom stereocenters. The second-order valence-corrected chi connectivity index (χ2v) is 8.20. The molecule has 7 nitrogen and oxygen atoms in total. The monoisotopic (exact) mass is 423 g/mol. The Hall–Kier alpha value is -2.90. The molecular weight excluding hydrogens is 394 g/mol. The number of likely N-dealkylation sites (tertiary alicyclic amines) is 1. The van der Waals surface area contributed by atoms with Crippen molar-refractivity contribution in [3.05, 3.63) is 65.7 Å². The van der Waals surface area contributed by atoms with E-state index < -0.39 is 11.6 Å². The lowest BCUT2D eigenvalue weighted by Gasteiger charge is -2.47. The predicted octanol–water partition coefficient (Wildman–Crippen LogP) is 2.23. The minimum atomic E-state index is -0.657. The van der Waals surface area contributed by atoms with Crippen LogP contribution < -0.4 is 10.5 Å². The highest BCUT2D eigenvalue weighted by Crippen LogP contribution is 2.32. The summed E-state index contributed by atoms with van der Waals surface area (Å²) >= 11 is 0. The largest absolute Gasteiger partial charge is 0.497 e. The normalized spacial score (nSPS) is 19.2. The van der Waals surface area contributed by atoms with E-state index >= 15 is 0 Å². The van der Waals surface area contributed by atoms with Crippen molar-refractivity contribution in [1.29, 1.82) is 0 Å². The molecule has 2 aromatic carbocycles. The maximum Gasteiger partial charge on any atom is 0.254 e. The first kappa shape index (κ1) is 21.3. The molecule has 2 aliphatic heterocycles. The molecule has 2 aliphatic rings. The number of benzene rings is 2. The Morgan fingerprint density at radius 3 is 2.32 bits per heavy atom. The number of hydrogen-bond donors (Lipinski definition) is 1. The number of piperidine rings is 1. The molecule has 0 saturated carbocycles. The van der Waals surface area contributed by atoms with Gasteiger partial charge in [-0.05, 0) is 42.7 Å². The number of hydrogen-bond acceptors (Lipinski definition) is 5. The molecular formula is C24H29N3O4. The quantitative estimate of drug-likeness (QED) is 0.815. The van der Waals surface area contributed by atoms with Gasteiger partial charge < -0.3 is 25.0 Å². The van der Waals surface area contributed by atoms with Crippen molar-refractivity contribution in [3.8, 4) is 5.75 Å². The Balaban J connectivity index is 1.37. The Kier molecular flexibility index (Phi) is 6.25. The van der Waals surface area contributed by atoms with Gasteiger partial charge in [0.25, 0.3) is 5.91 Å². The van der Waals surface area contributed by atoms with Crippen LogP contribution in [0.2, 0.25) is 0 Å². The van der Waals surface area contributed by atoms with Gasteiger partial charge in [-0.25, -0.2) is 0 Å². The van der Waals surface area contributed by atoms with Crippen molar-refractivity contribution in [2.75, 3.05) is 39.9 Å². The van der Waals surface area contributed by atoms with Crippen LogP contribution in [0.15, 0.2) is 54.6 Å². The van der Waals surface area contributed by atoms with Crippen LogP contribution in [-0.2, 0) is 9.53 Å². The zero-order chi connectivity index (χ0) is 21.8. The minimum Gasteiger partial charge on any atom is -0.497 e. The maximum absolute atomic E-state index is 13.0. The summed E-state index contributed by atoms with van der Waals surface area (Å²) in [6.45, 7) is 2.74. The number of methoxy groups -OCH3 is 1. The summed E-state index contributed by atoms with van der Waals surface area (Å²) in [4.78, 5) is 29.5. The fraction of sp³-hybridized carbons (Fsp3) is 0.417. The summed E-state index contributed by atoms with van der Waals surface area (Å²) < 4.78 is 11.3. The predicted molar refractivity (Wildman–Crippen MR) is 117 cm³/mol. The fourth-order valence-electron chi connectivity index (χ4n) is 4.37. The van der Waals surface area contributed by atoms with E-state index in [0.29, 0.717) is 51.2 Å². The Morgan fingerprint density at radius 1 is 1.00 bits per heavy atom. The lowest BCUT2D eigenvalue weighted by Crippen LogP contribution is -2.59. The first-order valence-corrected chi connectivity index (χ1v) is 10.7. The van der Waals surface area contributed by atoms with E-state index in [1.165, 1.54) is 0 Å². The van der Waals surface area contributed by atoms with Crippen molar-refractivity contribution in [3.63, 3.8) is 0 Å². The van der Waals surface area contributed by atoms with Gasteiger partial charge in [0.2, 0.25) is 5.91 Å². The summed E-state index contributed by atoms with van der Waals surface area (Å²) in [6.07, 6.45) is 1.37. The van der Waals surface area contributed by atoms with Crippen LogP contribution in [0.3, 0.4) is 0 Å². The maximum atomic E-state index is 13.0. The molecule has 2 amide bonds. The van der Waals surface area contributed by atoms with Crippen molar-refractivity contribution in [2.24, 2.45) is 5.73 Å². The lowest BCUT2D eigenvalue weighted by molar-refractivity contribution is -0.148. The lowest BCUT2D eigenvalue weighted by atomic mass is 9.88. The van der Waals surface area contributed by atoms with E-state index in [9.17, 15) is 9.59 Å². The van der Waals surface area contributed by atoms with Gasteiger partial charge in [0.05, 0.1) is 25.9 Å². The third-order valence-corrected chi connectivity index (χ3v) is 6.28. The highest BCUT2D eigenvalue weighted by Gasteiger charge is 2.42. The molecule has 1 spiro atoms.